The first-order valence-corrected chi connectivity index (χ1v) is 6.17. The van der Waals surface area contributed by atoms with Crippen molar-refractivity contribution in [2.24, 2.45) is 5.73 Å². The van der Waals surface area contributed by atoms with Gasteiger partial charge in [0.1, 0.15) is 0 Å². The highest BCUT2D eigenvalue weighted by Crippen LogP contribution is 2.39. The molecule has 8 heteroatoms. The van der Waals surface area contributed by atoms with Crippen LogP contribution in [0.4, 0.5) is 13.2 Å². The van der Waals surface area contributed by atoms with Gasteiger partial charge in [0.05, 0.1) is 15.6 Å². The average molecular weight is 331 g/mol. The Morgan fingerprint density at radius 1 is 1.30 bits per heavy atom. The predicted molar refractivity (Wildman–Crippen MR) is 74.8 cm³/mol. The molecule has 3 nitrogen and oxygen atoms in total. The van der Waals surface area contributed by atoms with E-state index in [9.17, 15) is 13.2 Å². The van der Waals surface area contributed by atoms with Crippen LogP contribution >= 0.6 is 23.2 Å². The Kier molecular flexibility index (Phi) is 7.78. The maximum atomic E-state index is 12.3. The third kappa shape index (κ3) is 6.36. The van der Waals surface area contributed by atoms with Gasteiger partial charge < -0.3 is 10.6 Å². The summed E-state index contributed by atoms with van der Waals surface area (Å²) in [5.74, 6) is -0.0335. The van der Waals surface area contributed by atoms with E-state index >= 15 is 0 Å². The van der Waals surface area contributed by atoms with Crippen molar-refractivity contribution in [1.82, 2.24) is 5.48 Å². The van der Waals surface area contributed by atoms with Crippen LogP contribution in [0, 0.1) is 0 Å². The van der Waals surface area contributed by atoms with Gasteiger partial charge in [0.15, 0.2) is 5.75 Å². The lowest BCUT2D eigenvalue weighted by atomic mass is 10.2. The Hall–Kier alpha value is -1.11. The zero-order chi connectivity index (χ0) is 15.9. The van der Waals surface area contributed by atoms with Crippen molar-refractivity contribution in [2.45, 2.75) is 20.0 Å². The Labute approximate surface area is 125 Å². The quantitative estimate of drug-likeness (QED) is 0.790. The molecule has 1 aromatic rings. The fourth-order valence-corrected chi connectivity index (χ4v) is 1.49. The van der Waals surface area contributed by atoms with Crippen molar-refractivity contribution < 1.29 is 18.0 Å². The van der Waals surface area contributed by atoms with Gasteiger partial charge >= 0.3 is 6.18 Å². The van der Waals surface area contributed by atoms with Crippen molar-refractivity contribution in [2.75, 3.05) is 7.05 Å². The van der Waals surface area contributed by atoms with Crippen molar-refractivity contribution in [1.29, 1.82) is 0 Å². The molecule has 0 aliphatic carbocycles. The van der Waals surface area contributed by atoms with Crippen LogP contribution < -0.4 is 16.1 Å². The van der Waals surface area contributed by atoms with Gasteiger partial charge in [0.25, 0.3) is 0 Å². The molecule has 0 radical (unpaired) electrons. The Morgan fingerprint density at radius 3 is 1.95 bits per heavy atom. The molecule has 0 aliphatic rings. The molecule has 0 saturated heterocycles. The standard InChI is InChI=1S/C8H6Cl2F3NO.C4H9N/c1-14-15-7-5(9)2-4(3-6(7)10)8(11,12)13;1-3-4(2)5/h2-3,14H,1H3;3H,5H2,1-2H3/b;4-3-. The van der Waals surface area contributed by atoms with Crippen LogP contribution in [-0.4, -0.2) is 7.05 Å². The predicted octanol–water partition coefficient (Wildman–Crippen LogP) is 4.39. The number of hydrogen-bond donors (Lipinski definition) is 2. The van der Waals surface area contributed by atoms with Crippen LogP contribution in [0.5, 0.6) is 5.75 Å². The van der Waals surface area contributed by atoms with E-state index in [1.165, 1.54) is 7.05 Å². The summed E-state index contributed by atoms with van der Waals surface area (Å²) >= 11 is 11.1. The van der Waals surface area contributed by atoms with E-state index < -0.39 is 11.7 Å². The second kappa shape index (κ2) is 8.24. The van der Waals surface area contributed by atoms with Crippen LogP contribution in [0.1, 0.15) is 19.4 Å². The largest absolute Gasteiger partial charge is 0.416 e. The van der Waals surface area contributed by atoms with E-state index in [0.717, 1.165) is 17.8 Å². The third-order valence-corrected chi connectivity index (χ3v) is 2.55. The first-order valence-electron chi connectivity index (χ1n) is 5.41. The fourth-order valence-electron chi connectivity index (χ4n) is 0.923. The Morgan fingerprint density at radius 2 is 1.70 bits per heavy atom. The second-order valence-corrected chi connectivity index (χ2v) is 4.42. The zero-order valence-electron chi connectivity index (χ0n) is 11.1. The highest BCUT2D eigenvalue weighted by molar-refractivity contribution is 6.37. The van der Waals surface area contributed by atoms with E-state index in [1.807, 2.05) is 19.9 Å². The second-order valence-electron chi connectivity index (χ2n) is 3.61. The minimum atomic E-state index is -4.48. The molecule has 0 aromatic heterocycles. The number of nitrogens with two attached hydrogens (primary N) is 1. The van der Waals surface area contributed by atoms with Gasteiger partial charge in [-0.15, -0.1) is 0 Å². The number of benzene rings is 1. The zero-order valence-corrected chi connectivity index (χ0v) is 12.6. The SMILES string of the molecule is C/C=C(/C)N.CNOc1c(Cl)cc(C(F)(F)F)cc1Cl. The number of hydrogen-bond acceptors (Lipinski definition) is 3. The van der Waals surface area contributed by atoms with Gasteiger partial charge in [0.2, 0.25) is 0 Å². The molecule has 0 spiro atoms. The monoisotopic (exact) mass is 330 g/mol. The lowest BCUT2D eigenvalue weighted by Gasteiger charge is -2.11. The molecule has 0 atom stereocenters. The van der Waals surface area contributed by atoms with Gasteiger partial charge in [0, 0.05) is 12.7 Å². The molecule has 0 aliphatic heterocycles. The summed E-state index contributed by atoms with van der Waals surface area (Å²) in [6, 6.07) is 1.50. The number of nitrogens with one attached hydrogen (secondary N) is 1. The van der Waals surface area contributed by atoms with Crippen LogP contribution in [0.2, 0.25) is 10.0 Å². The Balaban J connectivity index is 0.000000621. The topological polar surface area (TPSA) is 47.3 Å². The highest BCUT2D eigenvalue weighted by atomic mass is 35.5. The molecule has 0 fully saturated rings. The van der Waals surface area contributed by atoms with E-state index in [2.05, 4.69) is 5.48 Å². The summed E-state index contributed by atoms with van der Waals surface area (Å²) in [5, 5.41) is -0.409. The van der Waals surface area contributed by atoms with Crippen molar-refractivity contribution in [3.8, 4) is 5.75 Å². The number of halogens is 5. The summed E-state index contributed by atoms with van der Waals surface area (Å²) in [4.78, 5) is 4.75. The number of rotatable bonds is 2. The Bertz CT molecular complexity index is 449. The first-order chi connectivity index (χ1) is 9.13. The van der Waals surface area contributed by atoms with Gasteiger partial charge in [-0.05, 0) is 26.0 Å². The molecule has 0 heterocycles. The average Bonchev–Trinajstić information content (AvgIpc) is 2.33. The third-order valence-electron chi connectivity index (χ3n) is 1.99. The minimum absolute atomic E-state index is 0.0335. The molecule has 0 bridgehead atoms. The molecule has 114 valence electrons. The molecular weight excluding hydrogens is 316 g/mol. The van der Waals surface area contributed by atoms with Crippen LogP contribution in [-0.2, 0) is 6.18 Å². The van der Waals surface area contributed by atoms with Crippen molar-refractivity contribution in [3.05, 3.63) is 39.5 Å². The molecule has 20 heavy (non-hydrogen) atoms. The van der Waals surface area contributed by atoms with Crippen LogP contribution in [0.3, 0.4) is 0 Å². The molecule has 0 unspecified atom stereocenters. The molecule has 0 saturated carbocycles. The summed E-state index contributed by atoms with van der Waals surface area (Å²) < 4.78 is 36.9. The summed E-state index contributed by atoms with van der Waals surface area (Å²) in [7, 11) is 1.43. The first kappa shape index (κ1) is 18.9. The van der Waals surface area contributed by atoms with Crippen molar-refractivity contribution >= 4 is 23.2 Å². The lowest BCUT2D eigenvalue weighted by molar-refractivity contribution is -0.137. The van der Waals surface area contributed by atoms with E-state index in [1.54, 1.807) is 0 Å². The maximum Gasteiger partial charge on any atom is 0.416 e. The van der Waals surface area contributed by atoms with Crippen molar-refractivity contribution in [3.63, 3.8) is 0 Å². The van der Waals surface area contributed by atoms with Gasteiger partial charge in [-0.3, -0.25) is 0 Å². The van der Waals surface area contributed by atoms with Crippen LogP contribution in [0.15, 0.2) is 23.9 Å². The normalized spacial score (nSPS) is 11.7. The minimum Gasteiger partial charge on any atom is -0.406 e. The smallest absolute Gasteiger partial charge is 0.406 e. The van der Waals surface area contributed by atoms with E-state index in [4.69, 9.17) is 33.8 Å². The summed E-state index contributed by atoms with van der Waals surface area (Å²) in [6.45, 7) is 3.77. The molecule has 1 rings (SSSR count). The number of hydroxylamine groups is 1. The van der Waals surface area contributed by atoms with Gasteiger partial charge in [-0.2, -0.15) is 18.7 Å². The molecule has 3 N–H and O–H groups in total. The highest BCUT2D eigenvalue weighted by Gasteiger charge is 2.32. The molecule has 0 amide bonds. The summed E-state index contributed by atoms with van der Waals surface area (Å²) in [5.41, 5.74) is 7.39. The van der Waals surface area contributed by atoms with Crippen LogP contribution in [0.25, 0.3) is 0 Å². The molecule has 1 aromatic carbocycles. The van der Waals surface area contributed by atoms with E-state index in [0.29, 0.717) is 0 Å². The van der Waals surface area contributed by atoms with Gasteiger partial charge in [-0.1, -0.05) is 29.3 Å². The maximum absolute atomic E-state index is 12.3. The fraction of sp³-hybridized carbons (Fsp3) is 0.333. The lowest BCUT2D eigenvalue weighted by Crippen LogP contribution is -2.12. The number of allylic oxidation sites excluding steroid dienone is 2. The number of alkyl halides is 3. The molecular formula is C12H15Cl2F3N2O. The summed E-state index contributed by atoms with van der Waals surface area (Å²) in [6.07, 6.45) is -2.62. The van der Waals surface area contributed by atoms with Gasteiger partial charge in [-0.25, -0.2) is 0 Å². The van der Waals surface area contributed by atoms with E-state index in [-0.39, 0.29) is 15.8 Å².